The van der Waals surface area contributed by atoms with Gasteiger partial charge in [-0.25, -0.2) is 4.79 Å². The predicted octanol–water partition coefficient (Wildman–Crippen LogP) is 2.36. The number of aromatic nitrogens is 1. The highest BCUT2D eigenvalue weighted by atomic mass is 16.4. The molecule has 0 aromatic carbocycles. The molecule has 4 heteroatoms. The van der Waals surface area contributed by atoms with Gasteiger partial charge in [0.2, 0.25) is 0 Å². The van der Waals surface area contributed by atoms with E-state index in [1.165, 1.54) is 4.90 Å². The van der Waals surface area contributed by atoms with Gasteiger partial charge >= 0.3 is 6.09 Å². The molecule has 0 aliphatic heterocycles. The number of nitrogens with zero attached hydrogens (tertiary/aromatic N) is 2. The lowest BCUT2D eigenvalue weighted by Crippen LogP contribution is -2.44. The summed E-state index contributed by atoms with van der Waals surface area (Å²) in [6.45, 7) is 6.02. The zero-order chi connectivity index (χ0) is 11.5. The Morgan fingerprint density at radius 3 is 2.33 bits per heavy atom. The van der Waals surface area contributed by atoms with E-state index < -0.39 is 11.6 Å². The third-order valence-corrected chi connectivity index (χ3v) is 2.13. The number of hydrogen-bond donors (Lipinski definition) is 1. The molecule has 0 bridgehead atoms. The molecule has 82 valence electrons. The van der Waals surface area contributed by atoms with Crippen LogP contribution in [0.3, 0.4) is 0 Å². The van der Waals surface area contributed by atoms with Crippen molar-refractivity contribution in [2.75, 3.05) is 0 Å². The Morgan fingerprint density at radius 2 is 1.93 bits per heavy atom. The highest BCUT2D eigenvalue weighted by Gasteiger charge is 2.25. The van der Waals surface area contributed by atoms with Crippen LogP contribution >= 0.6 is 0 Å². The van der Waals surface area contributed by atoms with Crippen LogP contribution in [-0.4, -0.2) is 26.6 Å². The molecule has 0 atom stereocenters. The predicted molar refractivity (Wildman–Crippen MR) is 57.6 cm³/mol. The molecule has 4 nitrogen and oxygen atoms in total. The zero-order valence-corrected chi connectivity index (χ0v) is 9.27. The molecule has 0 spiro atoms. The highest BCUT2D eigenvalue weighted by Crippen LogP contribution is 2.16. The Bertz CT molecular complexity index is 330. The molecule has 1 N–H and O–H groups in total. The molecule has 0 fully saturated rings. The second kappa shape index (κ2) is 4.29. The standard InChI is InChI=1S/C11H16N2O2/c1-11(2,3)13(10(14)15)8-9-4-6-12-7-5-9/h4-7H,8H2,1-3H3,(H,14,15). The Morgan fingerprint density at radius 1 is 1.40 bits per heavy atom. The monoisotopic (exact) mass is 208 g/mol. The van der Waals surface area contributed by atoms with Gasteiger partial charge < -0.3 is 5.11 Å². The second-order valence-electron chi connectivity index (χ2n) is 4.40. The molecule has 0 unspecified atom stereocenters. The fraction of sp³-hybridized carbons (Fsp3) is 0.455. The van der Waals surface area contributed by atoms with Crippen LogP contribution in [0.15, 0.2) is 24.5 Å². The van der Waals surface area contributed by atoms with E-state index in [1.54, 1.807) is 12.4 Å². The van der Waals surface area contributed by atoms with Crippen molar-refractivity contribution < 1.29 is 9.90 Å². The molecule has 1 aromatic rings. The van der Waals surface area contributed by atoms with E-state index in [9.17, 15) is 4.79 Å². The summed E-state index contributed by atoms with van der Waals surface area (Å²) in [5.41, 5.74) is 0.553. The Labute approximate surface area is 89.6 Å². The van der Waals surface area contributed by atoms with Crippen molar-refractivity contribution in [3.05, 3.63) is 30.1 Å². The molecule has 1 heterocycles. The molecule has 1 aromatic heterocycles. The fourth-order valence-corrected chi connectivity index (χ4v) is 1.26. The van der Waals surface area contributed by atoms with Crippen LogP contribution in [0.25, 0.3) is 0 Å². The van der Waals surface area contributed by atoms with Gasteiger partial charge in [0.15, 0.2) is 0 Å². The topological polar surface area (TPSA) is 53.4 Å². The molecular weight excluding hydrogens is 192 g/mol. The molecule has 0 aliphatic rings. The molecular formula is C11H16N2O2. The van der Waals surface area contributed by atoms with Gasteiger partial charge in [0.05, 0.1) is 0 Å². The smallest absolute Gasteiger partial charge is 0.408 e. The zero-order valence-electron chi connectivity index (χ0n) is 9.27. The summed E-state index contributed by atoms with van der Waals surface area (Å²) in [6, 6.07) is 3.64. The minimum Gasteiger partial charge on any atom is -0.465 e. The Hall–Kier alpha value is -1.58. The summed E-state index contributed by atoms with van der Waals surface area (Å²) < 4.78 is 0. The SMILES string of the molecule is CC(C)(C)N(Cc1ccncc1)C(=O)O. The lowest BCUT2D eigenvalue weighted by Gasteiger charge is -2.33. The van der Waals surface area contributed by atoms with Crippen LogP contribution in [0, 0.1) is 0 Å². The van der Waals surface area contributed by atoms with Gasteiger partial charge in [0.1, 0.15) is 0 Å². The molecule has 15 heavy (non-hydrogen) atoms. The molecule has 0 radical (unpaired) electrons. The van der Waals surface area contributed by atoms with Crippen molar-refractivity contribution in [3.8, 4) is 0 Å². The van der Waals surface area contributed by atoms with Crippen molar-refractivity contribution in [2.24, 2.45) is 0 Å². The maximum atomic E-state index is 11.1. The third-order valence-electron chi connectivity index (χ3n) is 2.13. The van der Waals surface area contributed by atoms with Gasteiger partial charge in [-0.3, -0.25) is 9.88 Å². The summed E-state index contributed by atoms with van der Waals surface area (Å²) in [4.78, 5) is 16.4. The fourth-order valence-electron chi connectivity index (χ4n) is 1.26. The van der Waals surface area contributed by atoms with Crippen molar-refractivity contribution in [3.63, 3.8) is 0 Å². The number of rotatable bonds is 2. The first-order valence-electron chi connectivity index (χ1n) is 4.81. The van der Waals surface area contributed by atoms with E-state index in [0.29, 0.717) is 6.54 Å². The first-order chi connectivity index (χ1) is 6.91. The largest absolute Gasteiger partial charge is 0.465 e. The van der Waals surface area contributed by atoms with Crippen LogP contribution in [0.2, 0.25) is 0 Å². The van der Waals surface area contributed by atoms with Crippen molar-refractivity contribution in [2.45, 2.75) is 32.9 Å². The van der Waals surface area contributed by atoms with Crippen LogP contribution in [-0.2, 0) is 6.54 Å². The first kappa shape index (κ1) is 11.5. The average molecular weight is 208 g/mol. The van der Waals surface area contributed by atoms with Gasteiger partial charge in [-0.1, -0.05) is 0 Å². The molecule has 0 saturated heterocycles. The first-order valence-corrected chi connectivity index (χ1v) is 4.81. The minimum atomic E-state index is -0.903. The van der Waals surface area contributed by atoms with Gasteiger partial charge in [0.25, 0.3) is 0 Å². The Kier molecular flexibility index (Phi) is 3.29. The average Bonchev–Trinajstić information content (AvgIpc) is 2.13. The second-order valence-corrected chi connectivity index (χ2v) is 4.40. The number of pyridine rings is 1. The van der Waals surface area contributed by atoms with Crippen molar-refractivity contribution in [1.29, 1.82) is 0 Å². The van der Waals surface area contributed by atoms with E-state index in [4.69, 9.17) is 5.11 Å². The third kappa shape index (κ3) is 3.23. The van der Waals surface area contributed by atoms with Gasteiger partial charge in [-0.05, 0) is 38.5 Å². The van der Waals surface area contributed by atoms with Crippen LogP contribution in [0.1, 0.15) is 26.3 Å². The molecule has 1 rings (SSSR count). The maximum absolute atomic E-state index is 11.1. The van der Waals surface area contributed by atoms with Gasteiger partial charge in [0, 0.05) is 24.5 Å². The maximum Gasteiger partial charge on any atom is 0.408 e. The summed E-state index contributed by atoms with van der Waals surface area (Å²) in [5, 5.41) is 9.08. The van der Waals surface area contributed by atoms with E-state index in [2.05, 4.69) is 4.98 Å². The molecule has 1 amide bonds. The van der Waals surface area contributed by atoms with E-state index in [0.717, 1.165) is 5.56 Å². The quantitative estimate of drug-likeness (QED) is 0.811. The Balaban J connectivity index is 2.82. The van der Waals surface area contributed by atoms with Crippen molar-refractivity contribution >= 4 is 6.09 Å². The lowest BCUT2D eigenvalue weighted by atomic mass is 10.1. The van der Waals surface area contributed by atoms with Crippen LogP contribution < -0.4 is 0 Å². The number of hydrogen-bond acceptors (Lipinski definition) is 2. The summed E-state index contributed by atoms with van der Waals surface area (Å²) in [7, 11) is 0. The van der Waals surface area contributed by atoms with Crippen LogP contribution in [0.4, 0.5) is 4.79 Å². The normalized spacial score (nSPS) is 11.1. The van der Waals surface area contributed by atoms with Gasteiger partial charge in [-0.15, -0.1) is 0 Å². The number of carbonyl (C=O) groups is 1. The molecule has 0 saturated carbocycles. The minimum absolute atomic E-state index is 0.390. The number of carboxylic acid groups (broad SMARTS) is 1. The molecule has 0 aliphatic carbocycles. The highest BCUT2D eigenvalue weighted by molar-refractivity contribution is 5.66. The van der Waals surface area contributed by atoms with Crippen molar-refractivity contribution in [1.82, 2.24) is 9.88 Å². The number of amides is 1. The van der Waals surface area contributed by atoms with E-state index >= 15 is 0 Å². The summed E-state index contributed by atoms with van der Waals surface area (Å²) in [6.07, 6.45) is 2.43. The van der Waals surface area contributed by atoms with E-state index in [-0.39, 0.29) is 0 Å². The van der Waals surface area contributed by atoms with E-state index in [1.807, 2.05) is 32.9 Å². The summed E-state index contributed by atoms with van der Waals surface area (Å²) in [5.74, 6) is 0. The summed E-state index contributed by atoms with van der Waals surface area (Å²) >= 11 is 0. The van der Waals surface area contributed by atoms with Crippen LogP contribution in [0.5, 0.6) is 0 Å². The van der Waals surface area contributed by atoms with Gasteiger partial charge in [-0.2, -0.15) is 0 Å². The lowest BCUT2D eigenvalue weighted by molar-refractivity contribution is 0.0955.